The Balaban J connectivity index is 1.55. The van der Waals surface area contributed by atoms with Crippen LogP contribution < -0.4 is 25.0 Å². The molecule has 0 spiro atoms. The molecule has 9 nitrogen and oxygen atoms in total. The summed E-state index contributed by atoms with van der Waals surface area (Å²) in [4.78, 5) is 51.2. The van der Waals surface area contributed by atoms with Crippen LogP contribution in [0.15, 0.2) is 84.4 Å². The van der Waals surface area contributed by atoms with Gasteiger partial charge in [0.1, 0.15) is 17.1 Å². The van der Waals surface area contributed by atoms with E-state index in [2.05, 4.69) is 10.6 Å². The average molecular weight is 471 g/mol. The third kappa shape index (κ3) is 5.36. The molecule has 176 valence electrons. The van der Waals surface area contributed by atoms with E-state index in [-0.39, 0.29) is 29.5 Å². The van der Waals surface area contributed by atoms with E-state index in [1.165, 1.54) is 25.3 Å². The van der Waals surface area contributed by atoms with Crippen LogP contribution >= 0.6 is 0 Å². The van der Waals surface area contributed by atoms with E-state index in [0.29, 0.717) is 17.0 Å². The minimum Gasteiger partial charge on any atom is -0.497 e. The van der Waals surface area contributed by atoms with Crippen molar-refractivity contribution in [3.63, 3.8) is 0 Å². The number of ether oxygens (including phenoxy) is 2. The molecule has 1 aliphatic rings. The lowest BCUT2D eigenvalue weighted by Crippen LogP contribution is -2.54. The number of para-hydroxylation sites is 2. The fourth-order valence-electron chi connectivity index (χ4n) is 3.37. The van der Waals surface area contributed by atoms with Crippen molar-refractivity contribution in [1.82, 2.24) is 5.32 Å². The predicted molar refractivity (Wildman–Crippen MR) is 129 cm³/mol. The summed E-state index contributed by atoms with van der Waals surface area (Å²) in [6, 6.07) is 21.0. The van der Waals surface area contributed by atoms with Crippen LogP contribution in [0.5, 0.6) is 11.5 Å². The van der Waals surface area contributed by atoms with Crippen molar-refractivity contribution in [3.05, 3.63) is 90.0 Å². The van der Waals surface area contributed by atoms with Crippen LogP contribution in [0.3, 0.4) is 0 Å². The van der Waals surface area contributed by atoms with Crippen molar-refractivity contribution in [2.75, 3.05) is 23.9 Å². The zero-order valence-corrected chi connectivity index (χ0v) is 18.7. The Kier molecular flexibility index (Phi) is 6.87. The Labute approximate surface area is 201 Å². The van der Waals surface area contributed by atoms with E-state index in [1.807, 2.05) is 6.07 Å². The van der Waals surface area contributed by atoms with Gasteiger partial charge in [-0.05, 0) is 48.5 Å². The third-order valence-corrected chi connectivity index (χ3v) is 5.07. The Morgan fingerprint density at radius 3 is 2.34 bits per heavy atom. The van der Waals surface area contributed by atoms with Crippen LogP contribution in [-0.4, -0.2) is 37.5 Å². The third-order valence-electron chi connectivity index (χ3n) is 5.07. The SMILES string of the molecule is COc1ccc(N2C(=O)NC(=O)/C(=C\c3ccccc3OCC(=O)Nc3ccccc3)C2=O)cc1. The summed E-state index contributed by atoms with van der Waals surface area (Å²) >= 11 is 0. The fourth-order valence-corrected chi connectivity index (χ4v) is 3.37. The highest BCUT2D eigenvalue weighted by atomic mass is 16.5. The minimum atomic E-state index is -0.857. The molecule has 1 saturated heterocycles. The second-order valence-corrected chi connectivity index (χ2v) is 7.40. The van der Waals surface area contributed by atoms with Crippen LogP contribution in [-0.2, 0) is 14.4 Å². The first kappa shape index (κ1) is 23.2. The van der Waals surface area contributed by atoms with Gasteiger partial charge in [-0.2, -0.15) is 0 Å². The van der Waals surface area contributed by atoms with Crippen molar-refractivity contribution in [3.8, 4) is 11.5 Å². The molecule has 0 aliphatic carbocycles. The van der Waals surface area contributed by atoms with Gasteiger partial charge >= 0.3 is 6.03 Å². The van der Waals surface area contributed by atoms with Gasteiger partial charge in [0.05, 0.1) is 12.8 Å². The zero-order valence-electron chi connectivity index (χ0n) is 18.7. The molecular formula is C26H21N3O6. The molecule has 2 N–H and O–H groups in total. The van der Waals surface area contributed by atoms with Crippen molar-refractivity contribution < 1.29 is 28.7 Å². The number of nitrogens with zero attached hydrogens (tertiary/aromatic N) is 1. The Bertz CT molecular complexity index is 1300. The van der Waals surface area contributed by atoms with Crippen molar-refractivity contribution >= 4 is 41.2 Å². The molecule has 5 amide bonds. The zero-order chi connectivity index (χ0) is 24.8. The molecule has 0 atom stereocenters. The summed E-state index contributed by atoms with van der Waals surface area (Å²) in [5.41, 5.74) is 1.03. The van der Waals surface area contributed by atoms with Crippen LogP contribution in [0.25, 0.3) is 6.08 Å². The van der Waals surface area contributed by atoms with Gasteiger partial charge in [0.2, 0.25) is 0 Å². The molecule has 1 heterocycles. The maximum Gasteiger partial charge on any atom is 0.335 e. The van der Waals surface area contributed by atoms with Gasteiger partial charge in [-0.3, -0.25) is 19.7 Å². The number of imide groups is 2. The van der Waals surface area contributed by atoms with Crippen LogP contribution in [0.1, 0.15) is 5.56 Å². The van der Waals surface area contributed by atoms with Crippen molar-refractivity contribution in [2.45, 2.75) is 0 Å². The lowest BCUT2D eigenvalue weighted by Gasteiger charge is -2.26. The fraction of sp³-hybridized carbons (Fsp3) is 0.0769. The second kappa shape index (κ2) is 10.3. The number of urea groups is 1. The maximum atomic E-state index is 13.1. The standard InChI is InChI=1S/C26H21N3O6/c1-34-20-13-11-19(12-14-20)29-25(32)21(24(31)28-26(29)33)15-17-7-5-6-10-22(17)35-16-23(30)27-18-8-3-2-4-9-18/h2-15H,16H2,1H3,(H,27,30)(H,28,31,33)/b21-15+. The summed E-state index contributed by atoms with van der Waals surface area (Å²) in [5.74, 6) is -1.16. The van der Waals surface area contributed by atoms with Gasteiger partial charge in [0.15, 0.2) is 6.61 Å². The summed E-state index contributed by atoms with van der Waals surface area (Å²) < 4.78 is 10.7. The molecule has 1 fully saturated rings. The highest BCUT2D eigenvalue weighted by Gasteiger charge is 2.37. The van der Waals surface area contributed by atoms with Gasteiger partial charge in [-0.25, -0.2) is 9.69 Å². The molecule has 0 saturated carbocycles. The van der Waals surface area contributed by atoms with Gasteiger partial charge < -0.3 is 14.8 Å². The number of methoxy groups -OCH3 is 1. The van der Waals surface area contributed by atoms with E-state index >= 15 is 0 Å². The van der Waals surface area contributed by atoms with E-state index in [0.717, 1.165) is 4.90 Å². The summed E-state index contributed by atoms with van der Waals surface area (Å²) in [7, 11) is 1.50. The maximum absolute atomic E-state index is 13.1. The molecule has 0 bridgehead atoms. The van der Waals surface area contributed by atoms with Crippen LogP contribution in [0.4, 0.5) is 16.2 Å². The number of carbonyl (C=O) groups excluding carboxylic acids is 4. The number of rotatable bonds is 7. The number of barbiturate groups is 1. The highest BCUT2D eigenvalue weighted by Crippen LogP contribution is 2.26. The van der Waals surface area contributed by atoms with E-state index < -0.39 is 17.8 Å². The number of amides is 5. The molecule has 9 heteroatoms. The number of anilines is 2. The molecule has 35 heavy (non-hydrogen) atoms. The molecule has 0 unspecified atom stereocenters. The van der Waals surface area contributed by atoms with E-state index in [4.69, 9.17) is 9.47 Å². The Morgan fingerprint density at radius 1 is 0.943 bits per heavy atom. The van der Waals surface area contributed by atoms with Gasteiger partial charge in [-0.1, -0.05) is 36.4 Å². The Morgan fingerprint density at radius 2 is 1.63 bits per heavy atom. The van der Waals surface area contributed by atoms with E-state index in [1.54, 1.807) is 60.7 Å². The van der Waals surface area contributed by atoms with Gasteiger partial charge in [0, 0.05) is 11.3 Å². The quantitative estimate of drug-likeness (QED) is 0.403. The van der Waals surface area contributed by atoms with Crippen molar-refractivity contribution in [1.29, 1.82) is 0 Å². The number of hydrogen-bond donors (Lipinski definition) is 2. The monoisotopic (exact) mass is 471 g/mol. The minimum absolute atomic E-state index is 0.259. The molecule has 0 radical (unpaired) electrons. The molecule has 0 aromatic heterocycles. The smallest absolute Gasteiger partial charge is 0.335 e. The summed E-state index contributed by atoms with van der Waals surface area (Å²) in [6.45, 7) is -0.286. The summed E-state index contributed by atoms with van der Waals surface area (Å²) in [5, 5.41) is 4.89. The molecule has 3 aromatic rings. The number of nitrogens with one attached hydrogen (secondary N) is 2. The lowest BCUT2D eigenvalue weighted by atomic mass is 10.1. The average Bonchev–Trinajstić information content (AvgIpc) is 2.87. The highest BCUT2D eigenvalue weighted by molar-refractivity contribution is 6.39. The normalized spacial score (nSPS) is 14.5. The second-order valence-electron chi connectivity index (χ2n) is 7.40. The van der Waals surface area contributed by atoms with Gasteiger partial charge in [0.25, 0.3) is 17.7 Å². The lowest BCUT2D eigenvalue weighted by molar-refractivity contribution is -0.122. The first-order valence-electron chi connectivity index (χ1n) is 10.6. The first-order valence-corrected chi connectivity index (χ1v) is 10.6. The predicted octanol–water partition coefficient (Wildman–Crippen LogP) is 3.38. The molecule has 1 aliphatic heterocycles. The number of carbonyl (C=O) groups is 4. The largest absolute Gasteiger partial charge is 0.497 e. The van der Waals surface area contributed by atoms with Crippen LogP contribution in [0.2, 0.25) is 0 Å². The first-order chi connectivity index (χ1) is 17.0. The molecular weight excluding hydrogens is 450 g/mol. The van der Waals surface area contributed by atoms with E-state index in [9.17, 15) is 19.2 Å². The number of benzene rings is 3. The topological polar surface area (TPSA) is 114 Å². The summed E-state index contributed by atoms with van der Waals surface area (Å²) in [6.07, 6.45) is 1.32. The molecule has 4 rings (SSSR count). The van der Waals surface area contributed by atoms with Crippen LogP contribution in [0, 0.1) is 0 Å². The van der Waals surface area contributed by atoms with Gasteiger partial charge in [-0.15, -0.1) is 0 Å². The Hall–Kier alpha value is -4.92. The molecule has 3 aromatic carbocycles. The van der Waals surface area contributed by atoms with Crippen molar-refractivity contribution in [2.24, 2.45) is 0 Å². The number of hydrogen-bond acceptors (Lipinski definition) is 6.